The third-order valence-corrected chi connectivity index (χ3v) is 4.77. The van der Waals surface area contributed by atoms with Crippen molar-refractivity contribution in [3.8, 4) is 12.3 Å². The molecule has 3 aromatic rings. The van der Waals surface area contributed by atoms with E-state index in [4.69, 9.17) is 5.73 Å². The number of aldehydes is 1. The third-order valence-electron chi connectivity index (χ3n) is 4.77. The highest BCUT2D eigenvalue weighted by Crippen LogP contribution is 2.14. The Morgan fingerprint density at radius 3 is 1.97 bits per heavy atom. The van der Waals surface area contributed by atoms with E-state index in [1.807, 2.05) is 45.0 Å². The number of terminal acetylenes is 1. The van der Waals surface area contributed by atoms with E-state index in [9.17, 15) is 13.6 Å². The number of hydrogen-bond donors (Lipinski definition) is 1. The summed E-state index contributed by atoms with van der Waals surface area (Å²) in [5, 5.41) is 0. The molecule has 3 rings (SSSR count). The predicted molar refractivity (Wildman–Crippen MR) is 157 cm³/mol. The molecule has 2 N–H and O–H groups in total. The van der Waals surface area contributed by atoms with Gasteiger partial charge in [0.15, 0.2) is 6.29 Å². The summed E-state index contributed by atoms with van der Waals surface area (Å²) in [7, 11) is 0. The maximum Gasteiger partial charge on any atom is 0.150 e. The Morgan fingerprint density at radius 2 is 1.57 bits per heavy atom. The Hall–Kier alpha value is -3.97. The smallest absolute Gasteiger partial charge is 0.150 e. The average molecular weight is 506 g/mol. The Labute approximate surface area is 222 Å². The number of halogens is 2. The zero-order valence-corrected chi connectivity index (χ0v) is 23.3. The van der Waals surface area contributed by atoms with Gasteiger partial charge in [-0.3, -0.25) is 4.79 Å². The van der Waals surface area contributed by atoms with Crippen LogP contribution >= 0.6 is 0 Å². The lowest BCUT2D eigenvalue weighted by atomic mass is 10.0. The molecule has 0 spiro atoms. The van der Waals surface area contributed by atoms with Gasteiger partial charge < -0.3 is 5.73 Å². The molecule has 0 aliphatic rings. The van der Waals surface area contributed by atoms with Crippen LogP contribution in [0.2, 0.25) is 0 Å². The lowest BCUT2D eigenvalue weighted by molar-refractivity contribution is 0.112. The fourth-order valence-corrected chi connectivity index (χ4v) is 2.81. The van der Waals surface area contributed by atoms with Gasteiger partial charge in [-0.1, -0.05) is 70.3 Å². The predicted octanol–water partition coefficient (Wildman–Crippen LogP) is 8.88. The SMILES string of the molecule is C#CC.C=C(N)c1ccc(F)cc1C.C=Cc1cc(CC)ccc1C=O.CC.Cc1ccc(C)c(F)c1. The van der Waals surface area contributed by atoms with Gasteiger partial charge >= 0.3 is 0 Å². The summed E-state index contributed by atoms with van der Waals surface area (Å²) >= 11 is 0. The topological polar surface area (TPSA) is 43.1 Å². The highest BCUT2D eigenvalue weighted by molar-refractivity contribution is 5.81. The molecule has 198 valence electrons. The largest absolute Gasteiger partial charge is 0.399 e. The van der Waals surface area contributed by atoms with Crippen LogP contribution in [-0.2, 0) is 6.42 Å². The number of carbonyl (C=O) groups is 1. The quantitative estimate of drug-likeness (QED) is 0.284. The third kappa shape index (κ3) is 14.2. The average Bonchev–Trinajstić information content (AvgIpc) is 2.88. The van der Waals surface area contributed by atoms with E-state index < -0.39 is 0 Å². The first-order chi connectivity index (χ1) is 17.5. The van der Waals surface area contributed by atoms with Crippen LogP contribution in [0.4, 0.5) is 8.78 Å². The fourth-order valence-electron chi connectivity index (χ4n) is 2.81. The van der Waals surface area contributed by atoms with Crippen molar-refractivity contribution in [3.63, 3.8) is 0 Å². The Kier molecular flexibility index (Phi) is 19.3. The number of aryl methyl sites for hydroxylation is 4. The van der Waals surface area contributed by atoms with Crippen LogP contribution < -0.4 is 5.73 Å². The van der Waals surface area contributed by atoms with Crippen molar-refractivity contribution >= 4 is 18.1 Å². The molecular formula is C33H41F2NO. The number of rotatable bonds is 4. The Morgan fingerprint density at radius 1 is 0.973 bits per heavy atom. The standard InChI is InChI=1S/C11H12O.C9H10FN.C8H9F.C3H4.C2H6/c1-3-9-5-6-11(8-12)10(4-2)7-9;1-6-5-8(10)3-4-9(6)7(2)11;1-6-3-4-7(2)8(9)5-6;1-3-2;1-2/h4-8H,2-3H2,1H3;3-5H,2,11H2,1H3;3-5H,1-2H3;1H,2H3;1-2H3. The van der Waals surface area contributed by atoms with Crippen LogP contribution in [-0.4, -0.2) is 6.29 Å². The lowest BCUT2D eigenvalue weighted by Crippen LogP contribution is -1.96. The van der Waals surface area contributed by atoms with Crippen LogP contribution in [0.25, 0.3) is 11.8 Å². The molecule has 0 aliphatic heterocycles. The van der Waals surface area contributed by atoms with E-state index in [2.05, 4.69) is 32.4 Å². The van der Waals surface area contributed by atoms with E-state index in [0.29, 0.717) is 16.8 Å². The minimum atomic E-state index is -0.243. The van der Waals surface area contributed by atoms with E-state index >= 15 is 0 Å². The summed E-state index contributed by atoms with van der Waals surface area (Å²) in [6, 6.07) is 15.5. The molecule has 0 heterocycles. The Balaban J connectivity index is 0. The fraction of sp³-hybridized carbons (Fsp3) is 0.242. The summed E-state index contributed by atoms with van der Waals surface area (Å²) < 4.78 is 25.1. The van der Waals surface area contributed by atoms with Gasteiger partial charge in [-0.05, 0) is 91.8 Å². The second kappa shape index (κ2) is 20.2. The van der Waals surface area contributed by atoms with Crippen LogP contribution in [0.1, 0.15) is 71.4 Å². The highest BCUT2D eigenvalue weighted by Gasteiger charge is 2.00. The molecule has 0 saturated carbocycles. The van der Waals surface area contributed by atoms with Gasteiger partial charge in [0.25, 0.3) is 0 Å². The molecule has 4 heteroatoms. The summed E-state index contributed by atoms with van der Waals surface area (Å²) in [5.41, 5.74) is 12.1. The minimum absolute atomic E-state index is 0.116. The molecule has 0 fully saturated rings. The number of nitrogens with two attached hydrogens (primary N) is 1. The second-order valence-corrected chi connectivity index (χ2v) is 7.66. The molecular weight excluding hydrogens is 464 g/mol. The van der Waals surface area contributed by atoms with Crippen molar-refractivity contribution in [1.29, 1.82) is 0 Å². The maximum absolute atomic E-state index is 12.6. The molecule has 0 bridgehead atoms. The zero-order valence-electron chi connectivity index (χ0n) is 23.3. The molecule has 0 amide bonds. The van der Waals surface area contributed by atoms with Crippen LogP contribution in [0, 0.1) is 44.7 Å². The molecule has 3 aromatic carbocycles. The summed E-state index contributed by atoms with van der Waals surface area (Å²) in [4.78, 5) is 10.5. The molecule has 2 nitrogen and oxygen atoms in total. The van der Waals surface area contributed by atoms with Gasteiger partial charge in [-0.25, -0.2) is 8.78 Å². The van der Waals surface area contributed by atoms with E-state index in [-0.39, 0.29) is 11.6 Å². The zero-order chi connectivity index (χ0) is 29.0. The summed E-state index contributed by atoms with van der Waals surface area (Å²) in [5.74, 6) is 1.89. The van der Waals surface area contributed by atoms with E-state index in [1.54, 1.807) is 39.0 Å². The van der Waals surface area contributed by atoms with Gasteiger partial charge in [0, 0.05) is 11.3 Å². The van der Waals surface area contributed by atoms with Crippen LogP contribution in [0.5, 0.6) is 0 Å². The maximum atomic E-state index is 12.6. The normalized spacial score (nSPS) is 8.65. The molecule has 0 unspecified atom stereocenters. The number of hydrogen-bond acceptors (Lipinski definition) is 2. The van der Waals surface area contributed by atoms with Crippen molar-refractivity contribution < 1.29 is 13.6 Å². The van der Waals surface area contributed by atoms with Gasteiger partial charge in [0.2, 0.25) is 0 Å². The Bertz CT molecular complexity index is 1170. The van der Waals surface area contributed by atoms with Crippen LogP contribution in [0.3, 0.4) is 0 Å². The van der Waals surface area contributed by atoms with Gasteiger partial charge in [0.1, 0.15) is 11.6 Å². The van der Waals surface area contributed by atoms with Crippen molar-refractivity contribution in [2.75, 3.05) is 0 Å². The number of carbonyl (C=O) groups excluding carboxylic acids is 1. The van der Waals surface area contributed by atoms with E-state index in [0.717, 1.165) is 35.0 Å². The van der Waals surface area contributed by atoms with Gasteiger partial charge in [0.05, 0.1) is 0 Å². The molecule has 0 atom stereocenters. The summed E-state index contributed by atoms with van der Waals surface area (Å²) in [6.07, 6.45) is 8.15. The van der Waals surface area contributed by atoms with Gasteiger partial charge in [-0.2, -0.15) is 0 Å². The van der Waals surface area contributed by atoms with Crippen molar-refractivity contribution in [3.05, 3.63) is 118 Å². The highest BCUT2D eigenvalue weighted by atomic mass is 19.1. The van der Waals surface area contributed by atoms with Crippen molar-refractivity contribution in [2.45, 2.75) is 54.9 Å². The second-order valence-electron chi connectivity index (χ2n) is 7.66. The monoisotopic (exact) mass is 505 g/mol. The molecule has 0 saturated heterocycles. The molecule has 0 radical (unpaired) electrons. The van der Waals surface area contributed by atoms with E-state index in [1.165, 1.54) is 23.8 Å². The summed E-state index contributed by atoms with van der Waals surface area (Å²) in [6.45, 7) is 20.4. The first-order valence-electron chi connectivity index (χ1n) is 12.1. The molecule has 0 aromatic heterocycles. The molecule has 0 aliphatic carbocycles. The van der Waals surface area contributed by atoms with Crippen molar-refractivity contribution in [1.82, 2.24) is 0 Å². The number of benzene rings is 3. The van der Waals surface area contributed by atoms with Crippen molar-refractivity contribution in [2.24, 2.45) is 5.73 Å². The first-order valence-corrected chi connectivity index (χ1v) is 12.1. The minimum Gasteiger partial charge on any atom is -0.399 e. The van der Waals surface area contributed by atoms with Gasteiger partial charge in [-0.15, -0.1) is 12.3 Å². The lowest BCUT2D eigenvalue weighted by Gasteiger charge is -2.03. The first kappa shape index (κ1) is 35.2. The molecule has 37 heavy (non-hydrogen) atoms. The van der Waals surface area contributed by atoms with Crippen LogP contribution in [0.15, 0.2) is 67.8 Å².